The summed E-state index contributed by atoms with van der Waals surface area (Å²) < 4.78 is 4.81. The zero-order chi connectivity index (χ0) is 32.8. The van der Waals surface area contributed by atoms with Crippen molar-refractivity contribution in [1.82, 2.24) is 14.5 Å². The lowest BCUT2D eigenvalue weighted by Crippen LogP contribution is -2.02. The third kappa shape index (κ3) is 3.97. The lowest BCUT2D eigenvalue weighted by Gasteiger charge is -2.13. The van der Waals surface area contributed by atoms with Crippen molar-refractivity contribution in [1.29, 1.82) is 0 Å². The van der Waals surface area contributed by atoms with Gasteiger partial charge in [-0.1, -0.05) is 121 Å². The Hall–Kier alpha value is -6.36. The number of benzene rings is 8. The second kappa shape index (κ2) is 10.6. The number of fused-ring (bicyclic) bond motifs is 10. The Balaban J connectivity index is 1.22. The van der Waals surface area contributed by atoms with Crippen molar-refractivity contribution in [2.24, 2.45) is 0 Å². The summed E-state index contributed by atoms with van der Waals surface area (Å²) in [4.78, 5) is 10.8. The zero-order valence-electron chi connectivity index (χ0n) is 26.8. The number of para-hydroxylation sites is 2. The molecular formula is C46H27N3S. The fraction of sp³-hybridized carbons (Fsp3) is 0. The van der Waals surface area contributed by atoms with Crippen LogP contribution in [0.5, 0.6) is 0 Å². The summed E-state index contributed by atoms with van der Waals surface area (Å²) in [6.07, 6.45) is 0. The van der Waals surface area contributed by atoms with Gasteiger partial charge in [0, 0.05) is 41.9 Å². The molecule has 50 heavy (non-hydrogen) atoms. The second-order valence-corrected chi connectivity index (χ2v) is 14.0. The quantitative estimate of drug-likeness (QED) is 0.190. The molecule has 3 aromatic heterocycles. The molecule has 232 valence electrons. The van der Waals surface area contributed by atoms with E-state index < -0.39 is 0 Å². The predicted octanol–water partition coefficient (Wildman–Crippen LogP) is 12.7. The van der Waals surface area contributed by atoms with Crippen LogP contribution in [0.4, 0.5) is 0 Å². The molecule has 0 spiro atoms. The number of thiophene rings is 1. The number of hydrogen-bond donors (Lipinski definition) is 0. The minimum Gasteiger partial charge on any atom is -0.293 e. The van der Waals surface area contributed by atoms with E-state index in [0.29, 0.717) is 0 Å². The largest absolute Gasteiger partial charge is 0.293 e. The van der Waals surface area contributed by atoms with Crippen molar-refractivity contribution < 1.29 is 0 Å². The van der Waals surface area contributed by atoms with E-state index in [1.165, 1.54) is 63.6 Å². The minimum absolute atomic E-state index is 0.732. The first-order chi connectivity index (χ1) is 24.8. The molecule has 0 amide bonds. The van der Waals surface area contributed by atoms with Crippen LogP contribution in [0.2, 0.25) is 0 Å². The van der Waals surface area contributed by atoms with Crippen LogP contribution < -0.4 is 0 Å². The summed E-state index contributed by atoms with van der Waals surface area (Å²) in [5.74, 6) is 1.62. The Bertz CT molecular complexity index is 3150. The normalized spacial score (nSPS) is 12.0. The van der Waals surface area contributed by atoms with Gasteiger partial charge in [-0.15, -0.1) is 11.3 Å². The lowest BCUT2D eigenvalue weighted by atomic mass is 9.95. The molecule has 3 heterocycles. The molecule has 3 nitrogen and oxygen atoms in total. The monoisotopic (exact) mass is 653 g/mol. The molecule has 11 rings (SSSR count). The molecule has 0 aliphatic rings. The van der Waals surface area contributed by atoms with E-state index in [1.54, 1.807) is 0 Å². The van der Waals surface area contributed by atoms with Crippen LogP contribution >= 0.6 is 11.3 Å². The fourth-order valence-corrected chi connectivity index (χ4v) is 9.20. The van der Waals surface area contributed by atoms with Gasteiger partial charge in [-0.25, -0.2) is 9.97 Å². The Morgan fingerprint density at radius 1 is 0.440 bits per heavy atom. The highest BCUT2D eigenvalue weighted by Gasteiger charge is 2.21. The third-order valence-electron chi connectivity index (χ3n) is 10.2. The average Bonchev–Trinajstić information content (AvgIpc) is 3.72. The minimum atomic E-state index is 0.732. The molecule has 0 N–H and O–H groups in total. The van der Waals surface area contributed by atoms with Crippen LogP contribution in [0, 0.1) is 0 Å². The average molecular weight is 654 g/mol. The molecule has 0 saturated carbocycles. The van der Waals surface area contributed by atoms with Gasteiger partial charge in [0.05, 0.1) is 16.6 Å². The number of hydrogen-bond acceptors (Lipinski definition) is 3. The van der Waals surface area contributed by atoms with Crippen LogP contribution in [0.3, 0.4) is 0 Å². The Morgan fingerprint density at radius 2 is 1.12 bits per heavy atom. The van der Waals surface area contributed by atoms with Crippen LogP contribution in [-0.2, 0) is 0 Å². The van der Waals surface area contributed by atoms with Crippen LogP contribution in [0.1, 0.15) is 0 Å². The van der Waals surface area contributed by atoms with Crippen molar-refractivity contribution in [3.05, 3.63) is 164 Å². The zero-order valence-corrected chi connectivity index (χ0v) is 27.7. The van der Waals surface area contributed by atoms with Gasteiger partial charge >= 0.3 is 0 Å². The summed E-state index contributed by atoms with van der Waals surface area (Å²) >= 11 is 1.84. The molecule has 0 saturated heterocycles. The molecule has 0 aliphatic carbocycles. The molecule has 0 radical (unpaired) electrons. The van der Waals surface area contributed by atoms with E-state index in [4.69, 9.17) is 9.97 Å². The Morgan fingerprint density at radius 3 is 1.98 bits per heavy atom. The molecule has 0 fully saturated rings. The lowest BCUT2D eigenvalue weighted by molar-refractivity contribution is 1.08. The number of nitrogens with zero attached hydrogens (tertiary/aromatic N) is 3. The highest BCUT2D eigenvalue weighted by Crippen LogP contribution is 2.46. The van der Waals surface area contributed by atoms with Gasteiger partial charge in [0.1, 0.15) is 5.82 Å². The number of rotatable bonds is 3. The third-order valence-corrected chi connectivity index (χ3v) is 11.4. The first kappa shape index (κ1) is 27.6. The predicted molar refractivity (Wildman–Crippen MR) is 213 cm³/mol. The van der Waals surface area contributed by atoms with Crippen LogP contribution in [0.25, 0.3) is 103 Å². The van der Waals surface area contributed by atoms with Gasteiger partial charge in [0.25, 0.3) is 0 Å². The molecule has 4 heteroatoms. The van der Waals surface area contributed by atoms with E-state index in [-0.39, 0.29) is 0 Å². The summed E-state index contributed by atoms with van der Waals surface area (Å²) in [7, 11) is 0. The van der Waals surface area contributed by atoms with Gasteiger partial charge in [-0.05, 0) is 75.1 Å². The second-order valence-electron chi connectivity index (χ2n) is 13.0. The van der Waals surface area contributed by atoms with Crippen molar-refractivity contribution in [3.63, 3.8) is 0 Å². The maximum atomic E-state index is 5.50. The highest BCUT2D eigenvalue weighted by molar-refractivity contribution is 7.26. The molecule has 0 aliphatic heterocycles. The first-order valence-corrected chi connectivity index (χ1v) is 17.7. The Kier molecular flexibility index (Phi) is 5.83. The summed E-state index contributed by atoms with van der Waals surface area (Å²) in [5.41, 5.74) is 6.73. The molecule has 8 aromatic carbocycles. The van der Waals surface area contributed by atoms with Gasteiger partial charge in [0.2, 0.25) is 0 Å². The summed E-state index contributed by atoms with van der Waals surface area (Å²) in [6, 6.07) is 58.8. The van der Waals surface area contributed by atoms with Crippen LogP contribution in [-0.4, -0.2) is 14.5 Å². The van der Waals surface area contributed by atoms with E-state index in [1.807, 2.05) is 11.3 Å². The standard InChI is InChI=1S/C46H27N3S/c1-2-13-28(14-3-1)37-27-42-43(33-19-7-6-17-31(33)37)35-21-12-22-36(44(35)50-42)45-47-39-23-10-8-20-34(39)46(48-45)49-40-24-11-9-18-32(40)38-25-29-15-4-5-16-30(29)26-41(38)49/h1-27H. The highest BCUT2D eigenvalue weighted by atomic mass is 32.1. The SMILES string of the molecule is c1ccc(-c2cc3sc4c(-c5nc(-n6c7ccccc7c7cc8ccccc8cc76)c6ccccc6n5)cccc4c3c3ccccc23)cc1. The van der Waals surface area contributed by atoms with Crippen molar-refractivity contribution >= 4 is 85.8 Å². The van der Waals surface area contributed by atoms with Gasteiger partial charge < -0.3 is 0 Å². The van der Waals surface area contributed by atoms with E-state index in [0.717, 1.165) is 39.1 Å². The van der Waals surface area contributed by atoms with Gasteiger partial charge in [-0.2, -0.15) is 0 Å². The molecule has 0 atom stereocenters. The fourth-order valence-electron chi connectivity index (χ4n) is 7.93. The Labute approximate surface area is 291 Å². The summed E-state index contributed by atoms with van der Waals surface area (Å²) in [6.45, 7) is 0. The van der Waals surface area contributed by atoms with Crippen LogP contribution in [0.15, 0.2) is 164 Å². The van der Waals surface area contributed by atoms with Gasteiger partial charge in [0.15, 0.2) is 5.82 Å². The topological polar surface area (TPSA) is 30.7 Å². The van der Waals surface area contributed by atoms with E-state index in [9.17, 15) is 0 Å². The van der Waals surface area contributed by atoms with E-state index in [2.05, 4.69) is 168 Å². The van der Waals surface area contributed by atoms with Gasteiger partial charge in [-0.3, -0.25) is 4.57 Å². The smallest absolute Gasteiger partial charge is 0.163 e. The van der Waals surface area contributed by atoms with Crippen molar-refractivity contribution in [3.8, 4) is 28.3 Å². The maximum Gasteiger partial charge on any atom is 0.163 e. The first-order valence-electron chi connectivity index (χ1n) is 16.9. The van der Waals surface area contributed by atoms with E-state index >= 15 is 0 Å². The molecule has 11 aromatic rings. The van der Waals surface area contributed by atoms with Crippen molar-refractivity contribution in [2.75, 3.05) is 0 Å². The molecule has 0 unspecified atom stereocenters. The molecular weight excluding hydrogens is 627 g/mol. The number of aromatic nitrogens is 3. The summed E-state index contributed by atoms with van der Waals surface area (Å²) in [5, 5.41) is 11.0. The molecule has 0 bridgehead atoms. The van der Waals surface area contributed by atoms with Crippen molar-refractivity contribution in [2.45, 2.75) is 0 Å². The maximum absolute atomic E-state index is 5.50.